The first kappa shape index (κ1) is 13.7. The van der Waals surface area contributed by atoms with Crippen LogP contribution >= 0.6 is 0 Å². The molecule has 0 unspecified atom stereocenters. The topological polar surface area (TPSA) is 78.4 Å². The molecule has 1 atom stereocenters. The zero-order valence-corrected chi connectivity index (χ0v) is 10.7. The Morgan fingerprint density at radius 3 is 2.63 bits per heavy atom. The molecule has 1 aliphatic heterocycles. The molecule has 1 aromatic carbocycles. The van der Waals surface area contributed by atoms with Crippen LogP contribution in [0.2, 0.25) is 0 Å². The molecule has 0 radical (unpaired) electrons. The van der Waals surface area contributed by atoms with E-state index in [0.29, 0.717) is 13.0 Å². The predicted molar refractivity (Wildman–Crippen MR) is 70.3 cm³/mol. The average Bonchev–Trinajstić information content (AvgIpc) is 2.89. The van der Waals surface area contributed by atoms with Crippen LogP contribution in [-0.4, -0.2) is 35.6 Å². The second kappa shape index (κ2) is 5.95. The van der Waals surface area contributed by atoms with E-state index in [9.17, 15) is 14.7 Å². The third-order valence-electron chi connectivity index (χ3n) is 3.41. The summed E-state index contributed by atoms with van der Waals surface area (Å²) in [5.74, 6) is -0.786. The first-order valence-electron chi connectivity index (χ1n) is 6.40. The van der Waals surface area contributed by atoms with Crippen LogP contribution in [0.3, 0.4) is 0 Å². The molecule has 0 spiro atoms. The van der Waals surface area contributed by atoms with Crippen molar-refractivity contribution in [1.29, 1.82) is 0 Å². The average molecular weight is 262 g/mol. The Hall–Kier alpha value is -1.72. The molecule has 5 nitrogen and oxygen atoms in total. The summed E-state index contributed by atoms with van der Waals surface area (Å²) in [6.07, 6.45) is 1.53. The number of imide groups is 1. The van der Waals surface area contributed by atoms with Crippen molar-refractivity contribution in [3.63, 3.8) is 0 Å². The van der Waals surface area contributed by atoms with Gasteiger partial charge < -0.3 is 10.4 Å². The molecule has 0 aromatic heterocycles. The molecule has 1 aromatic rings. The molecule has 2 amide bonds. The Kier molecular flexibility index (Phi) is 4.29. The number of carbonyl (C=O) groups excluding carboxylic acids is 2. The van der Waals surface area contributed by atoms with Crippen molar-refractivity contribution in [1.82, 2.24) is 10.6 Å². The van der Waals surface area contributed by atoms with Gasteiger partial charge in [0.05, 0.1) is 13.0 Å². The number of hydrogen-bond acceptors (Lipinski definition) is 4. The van der Waals surface area contributed by atoms with Gasteiger partial charge in [0.2, 0.25) is 11.8 Å². The summed E-state index contributed by atoms with van der Waals surface area (Å²) in [7, 11) is 0. The van der Waals surface area contributed by atoms with Crippen molar-refractivity contribution in [2.24, 2.45) is 0 Å². The molecule has 2 rings (SSSR count). The van der Waals surface area contributed by atoms with Crippen molar-refractivity contribution in [3.05, 3.63) is 35.9 Å². The summed E-state index contributed by atoms with van der Waals surface area (Å²) >= 11 is 0. The minimum atomic E-state index is -0.994. The molecule has 0 saturated carbocycles. The molecule has 1 fully saturated rings. The lowest BCUT2D eigenvalue weighted by Gasteiger charge is -2.25. The number of amides is 2. The van der Waals surface area contributed by atoms with E-state index in [1.807, 2.05) is 30.3 Å². The van der Waals surface area contributed by atoms with Gasteiger partial charge in [0.1, 0.15) is 5.54 Å². The number of rotatable bonds is 4. The predicted octanol–water partition coefficient (Wildman–Crippen LogP) is -0.0136. The van der Waals surface area contributed by atoms with E-state index in [-0.39, 0.29) is 18.9 Å². The monoisotopic (exact) mass is 262 g/mol. The summed E-state index contributed by atoms with van der Waals surface area (Å²) in [5.41, 5.74) is -0.142. The summed E-state index contributed by atoms with van der Waals surface area (Å²) < 4.78 is 0. The highest BCUT2D eigenvalue weighted by Gasteiger charge is 2.40. The number of aliphatic hydroxyl groups excluding tert-OH is 1. The highest BCUT2D eigenvalue weighted by Crippen LogP contribution is 2.18. The molecule has 19 heavy (non-hydrogen) atoms. The Bertz CT molecular complexity index is 453. The fraction of sp³-hybridized carbons (Fsp3) is 0.429. The minimum Gasteiger partial charge on any atom is -0.394 e. The van der Waals surface area contributed by atoms with E-state index in [1.165, 1.54) is 0 Å². The van der Waals surface area contributed by atoms with E-state index in [4.69, 9.17) is 0 Å². The number of carbonyl (C=O) groups is 2. The molecule has 5 heteroatoms. The molecular weight excluding hydrogens is 244 g/mol. The minimum absolute atomic E-state index is 0.161. The highest BCUT2D eigenvalue weighted by atomic mass is 16.3. The van der Waals surface area contributed by atoms with E-state index < -0.39 is 11.4 Å². The standard InChI is InChI=1S/C14H18N2O3/c17-10-14(7-4-8-15-14)13(19)16-12(18)9-11-5-2-1-3-6-11/h1-3,5-6,15,17H,4,7-10H2,(H,16,18,19)/t14-/m1/s1. The van der Waals surface area contributed by atoms with Gasteiger partial charge in [-0.15, -0.1) is 0 Å². The second-order valence-corrected chi connectivity index (χ2v) is 4.81. The lowest BCUT2D eigenvalue weighted by Crippen LogP contribution is -2.57. The smallest absolute Gasteiger partial charge is 0.249 e. The third-order valence-corrected chi connectivity index (χ3v) is 3.41. The van der Waals surface area contributed by atoms with Gasteiger partial charge in [-0.2, -0.15) is 0 Å². The molecule has 3 N–H and O–H groups in total. The quantitative estimate of drug-likeness (QED) is 0.713. The van der Waals surface area contributed by atoms with Gasteiger partial charge in [-0.3, -0.25) is 14.9 Å². The van der Waals surface area contributed by atoms with Crippen LogP contribution in [-0.2, 0) is 16.0 Å². The van der Waals surface area contributed by atoms with Crippen molar-refractivity contribution in [3.8, 4) is 0 Å². The Morgan fingerprint density at radius 2 is 2.05 bits per heavy atom. The second-order valence-electron chi connectivity index (χ2n) is 4.81. The molecular formula is C14H18N2O3. The maximum Gasteiger partial charge on any atom is 0.249 e. The lowest BCUT2D eigenvalue weighted by molar-refractivity contribution is -0.135. The van der Waals surface area contributed by atoms with Gasteiger partial charge in [-0.05, 0) is 24.9 Å². The van der Waals surface area contributed by atoms with Crippen molar-refractivity contribution in [2.45, 2.75) is 24.8 Å². The Morgan fingerprint density at radius 1 is 1.32 bits per heavy atom. The molecule has 1 heterocycles. The number of nitrogens with one attached hydrogen (secondary N) is 2. The van der Waals surface area contributed by atoms with Gasteiger partial charge in [0.25, 0.3) is 0 Å². The fourth-order valence-electron chi connectivity index (χ4n) is 2.28. The molecule has 1 aliphatic rings. The van der Waals surface area contributed by atoms with Gasteiger partial charge in [0, 0.05) is 0 Å². The van der Waals surface area contributed by atoms with E-state index in [1.54, 1.807) is 0 Å². The summed E-state index contributed by atoms with van der Waals surface area (Å²) in [6.45, 7) is 0.387. The van der Waals surface area contributed by atoms with E-state index in [0.717, 1.165) is 12.0 Å². The van der Waals surface area contributed by atoms with Gasteiger partial charge in [-0.25, -0.2) is 0 Å². The first-order chi connectivity index (χ1) is 9.16. The molecule has 0 aliphatic carbocycles. The van der Waals surface area contributed by atoms with Gasteiger partial charge in [0.15, 0.2) is 0 Å². The van der Waals surface area contributed by atoms with Crippen molar-refractivity contribution >= 4 is 11.8 Å². The van der Waals surface area contributed by atoms with Crippen LogP contribution in [0.1, 0.15) is 18.4 Å². The van der Waals surface area contributed by atoms with Crippen LogP contribution in [0, 0.1) is 0 Å². The number of benzene rings is 1. The first-order valence-corrected chi connectivity index (χ1v) is 6.40. The summed E-state index contributed by atoms with van der Waals surface area (Å²) in [4.78, 5) is 23.8. The molecule has 1 saturated heterocycles. The Labute approximate surface area is 112 Å². The normalized spacial score (nSPS) is 22.2. The summed E-state index contributed by atoms with van der Waals surface area (Å²) in [5, 5.41) is 14.7. The van der Waals surface area contributed by atoms with Crippen LogP contribution in [0.15, 0.2) is 30.3 Å². The van der Waals surface area contributed by atoms with E-state index in [2.05, 4.69) is 10.6 Å². The zero-order chi connectivity index (χ0) is 13.7. The zero-order valence-electron chi connectivity index (χ0n) is 10.7. The summed E-state index contributed by atoms with van der Waals surface area (Å²) in [6, 6.07) is 9.23. The maximum absolute atomic E-state index is 12.0. The fourth-order valence-corrected chi connectivity index (χ4v) is 2.28. The van der Waals surface area contributed by atoms with Crippen molar-refractivity contribution < 1.29 is 14.7 Å². The molecule has 0 bridgehead atoms. The van der Waals surface area contributed by atoms with Crippen LogP contribution in [0.4, 0.5) is 0 Å². The Balaban J connectivity index is 1.93. The lowest BCUT2D eigenvalue weighted by atomic mass is 9.97. The van der Waals surface area contributed by atoms with E-state index >= 15 is 0 Å². The SMILES string of the molecule is O=C(Cc1ccccc1)NC(=O)[C@]1(CO)CCCN1. The molecule has 102 valence electrons. The maximum atomic E-state index is 12.0. The third kappa shape index (κ3) is 3.19. The van der Waals surface area contributed by atoms with Crippen LogP contribution in [0.25, 0.3) is 0 Å². The highest BCUT2D eigenvalue weighted by molar-refractivity contribution is 6.00. The number of hydrogen-bond donors (Lipinski definition) is 3. The van der Waals surface area contributed by atoms with Crippen LogP contribution < -0.4 is 10.6 Å². The van der Waals surface area contributed by atoms with Gasteiger partial charge >= 0.3 is 0 Å². The van der Waals surface area contributed by atoms with Crippen LogP contribution in [0.5, 0.6) is 0 Å². The number of aliphatic hydroxyl groups is 1. The van der Waals surface area contributed by atoms with Gasteiger partial charge in [-0.1, -0.05) is 30.3 Å². The largest absolute Gasteiger partial charge is 0.394 e. The van der Waals surface area contributed by atoms with Crippen molar-refractivity contribution in [2.75, 3.05) is 13.2 Å².